The van der Waals surface area contributed by atoms with E-state index < -0.39 is 0 Å². The van der Waals surface area contributed by atoms with Crippen molar-refractivity contribution in [2.45, 2.75) is 26.2 Å². The molecule has 2 heterocycles. The molecule has 1 aliphatic heterocycles. The van der Waals surface area contributed by atoms with Gasteiger partial charge in [0.05, 0.1) is 0 Å². The van der Waals surface area contributed by atoms with Gasteiger partial charge in [0.1, 0.15) is 0 Å². The highest BCUT2D eigenvalue weighted by Gasteiger charge is 2.34. The Balaban J connectivity index is 2.36. The number of piperidine rings is 1. The lowest BCUT2D eigenvalue weighted by Crippen LogP contribution is -2.43. The summed E-state index contributed by atoms with van der Waals surface area (Å²) < 4.78 is 0. The van der Waals surface area contributed by atoms with Crippen LogP contribution in [0.2, 0.25) is 0 Å². The van der Waals surface area contributed by atoms with Gasteiger partial charge in [-0.2, -0.15) is 0 Å². The van der Waals surface area contributed by atoms with Crippen molar-refractivity contribution in [2.75, 3.05) is 0 Å². The van der Waals surface area contributed by atoms with Crippen LogP contribution < -0.4 is 5.32 Å². The van der Waals surface area contributed by atoms with E-state index >= 15 is 0 Å². The number of hydrogen-bond acceptors (Lipinski definition) is 3. The van der Waals surface area contributed by atoms with Gasteiger partial charge in [-0.1, -0.05) is 6.92 Å². The quantitative estimate of drug-likeness (QED) is 0.719. The van der Waals surface area contributed by atoms with Crippen molar-refractivity contribution in [2.24, 2.45) is 5.92 Å². The molecule has 2 rings (SSSR count). The van der Waals surface area contributed by atoms with E-state index in [0.29, 0.717) is 6.42 Å². The average molecular weight is 218 g/mol. The molecule has 4 nitrogen and oxygen atoms in total. The van der Waals surface area contributed by atoms with E-state index in [1.165, 1.54) is 0 Å². The lowest BCUT2D eigenvalue weighted by Gasteiger charge is -2.28. The predicted octanol–water partition coefficient (Wildman–Crippen LogP) is 1.16. The van der Waals surface area contributed by atoms with Gasteiger partial charge in [-0.3, -0.25) is 19.9 Å². The minimum Gasteiger partial charge on any atom is -0.296 e. The van der Waals surface area contributed by atoms with Crippen molar-refractivity contribution in [3.8, 4) is 0 Å². The van der Waals surface area contributed by atoms with E-state index in [2.05, 4.69) is 10.3 Å². The number of pyridine rings is 1. The van der Waals surface area contributed by atoms with Crippen molar-refractivity contribution >= 4 is 11.8 Å². The number of carbonyl (C=O) groups excluding carboxylic acids is 2. The average Bonchev–Trinajstić information content (AvgIpc) is 2.24. The molecular weight excluding hydrogens is 204 g/mol. The zero-order valence-corrected chi connectivity index (χ0v) is 9.36. The van der Waals surface area contributed by atoms with Gasteiger partial charge < -0.3 is 0 Å². The van der Waals surface area contributed by atoms with Gasteiger partial charge in [-0.05, 0) is 24.1 Å². The molecular formula is C12H14N2O2. The fraction of sp³-hybridized carbons (Fsp3) is 0.417. The second kappa shape index (κ2) is 4.04. The smallest absolute Gasteiger partial charge is 0.230 e. The number of imide groups is 1. The summed E-state index contributed by atoms with van der Waals surface area (Å²) >= 11 is 0. The lowest BCUT2D eigenvalue weighted by molar-refractivity contribution is -0.136. The van der Waals surface area contributed by atoms with Crippen molar-refractivity contribution in [3.63, 3.8) is 0 Å². The lowest BCUT2D eigenvalue weighted by atomic mass is 9.80. The molecule has 1 saturated heterocycles. The van der Waals surface area contributed by atoms with Crippen molar-refractivity contribution < 1.29 is 9.59 Å². The third kappa shape index (κ3) is 1.83. The van der Waals surface area contributed by atoms with E-state index in [1.54, 1.807) is 12.4 Å². The maximum atomic E-state index is 11.5. The minimum atomic E-state index is -0.198. The van der Waals surface area contributed by atoms with Crippen LogP contribution in [0.3, 0.4) is 0 Å². The zero-order valence-electron chi connectivity index (χ0n) is 9.36. The van der Waals surface area contributed by atoms with Gasteiger partial charge in [0.2, 0.25) is 11.8 Å². The molecule has 1 fully saturated rings. The number of nitrogens with one attached hydrogen (secondary N) is 1. The molecule has 2 atom stereocenters. The molecule has 0 aromatic carbocycles. The SMILES string of the molecule is Cc1ccncc1C1CC(=O)NC(=O)C1C. The Bertz CT molecular complexity index is 442. The topological polar surface area (TPSA) is 59.1 Å². The molecule has 2 amide bonds. The van der Waals surface area contributed by atoms with E-state index in [-0.39, 0.29) is 23.7 Å². The summed E-state index contributed by atoms with van der Waals surface area (Å²) in [6.45, 7) is 3.82. The predicted molar refractivity (Wildman–Crippen MR) is 58.6 cm³/mol. The van der Waals surface area contributed by atoms with E-state index in [1.807, 2.05) is 19.9 Å². The number of aryl methyl sites for hydroxylation is 1. The Kier molecular flexibility index (Phi) is 2.73. The van der Waals surface area contributed by atoms with Gasteiger partial charge in [-0.15, -0.1) is 0 Å². The molecule has 0 saturated carbocycles. The first-order valence-corrected chi connectivity index (χ1v) is 5.34. The number of aromatic nitrogens is 1. The van der Waals surface area contributed by atoms with E-state index in [9.17, 15) is 9.59 Å². The molecule has 0 spiro atoms. The number of hydrogen-bond donors (Lipinski definition) is 1. The molecule has 1 aromatic rings. The molecule has 16 heavy (non-hydrogen) atoms. The number of carbonyl (C=O) groups is 2. The molecule has 84 valence electrons. The summed E-state index contributed by atoms with van der Waals surface area (Å²) in [5.41, 5.74) is 2.08. The molecule has 2 unspecified atom stereocenters. The molecule has 1 N–H and O–H groups in total. The molecule has 4 heteroatoms. The highest BCUT2D eigenvalue weighted by molar-refractivity contribution is 5.99. The van der Waals surface area contributed by atoms with Gasteiger partial charge in [0.25, 0.3) is 0 Å². The van der Waals surface area contributed by atoms with E-state index in [0.717, 1.165) is 11.1 Å². The Labute approximate surface area is 94.1 Å². The van der Waals surface area contributed by atoms with Gasteiger partial charge in [0, 0.05) is 30.7 Å². The molecule has 0 aliphatic carbocycles. The summed E-state index contributed by atoms with van der Waals surface area (Å²) in [7, 11) is 0. The second-order valence-corrected chi connectivity index (χ2v) is 4.24. The van der Waals surface area contributed by atoms with Gasteiger partial charge >= 0.3 is 0 Å². The molecule has 0 radical (unpaired) electrons. The Hall–Kier alpha value is -1.71. The maximum Gasteiger partial charge on any atom is 0.230 e. The summed E-state index contributed by atoms with van der Waals surface area (Å²) in [5.74, 6) is -0.614. The van der Waals surface area contributed by atoms with Crippen LogP contribution in [0.25, 0.3) is 0 Å². The maximum absolute atomic E-state index is 11.5. The largest absolute Gasteiger partial charge is 0.296 e. The van der Waals surface area contributed by atoms with Crippen LogP contribution in [0.1, 0.15) is 30.4 Å². The highest BCUT2D eigenvalue weighted by Crippen LogP contribution is 2.32. The molecule has 0 bridgehead atoms. The monoisotopic (exact) mass is 218 g/mol. The van der Waals surface area contributed by atoms with Crippen LogP contribution in [0, 0.1) is 12.8 Å². The normalized spacial score (nSPS) is 25.4. The minimum absolute atomic E-state index is 0.0463. The van der Waals surface area contributed by atoms with E-state index in [4.69, 9.17) is 0 Å². The zero-order chi connectivity index (χ0) is 11.7. The first kappa shape index (κ1) is 10.8. The fourth-order valence-electron chi connectivity index (χ4n) is 2.11. The van der Waals surface area contributed by atoms with Crippen LogP contribution in [0.4, 0.5) is 0 Å². The molecule has 1 aliphatic rings. The van der Waals surface area contributed by atoms with Crippen LogP contribution in [-0.4, -0.2) is 16.8 Å². The van der Waals surface area contributed by atoms with Crippen molar-refractivity contribution in [1.82, 2.24) is 10.3 Å². The number of nitrogens with zero attached hydrogens (tertiary/aromatic N) is 1. The molecule has 1 aromatic heterocycles. The first-order chi connectivity index (χ1) is 7.59. The third-order valence-electron chi connectivity index (χ3n) is 3.16. The third-order valence-corrected chi connectivity index (χ3v) is 3.16. The van der Waals surface area contributed by atoms with Gasteiger partial charge in [0.15, 0.2) is 0 Å². The first-order valence-electron chi connectivity index (χ1n) is 5.34. The summed E-state index contributed by atoms with van der Waals surface area (Å²) in [4.78, 5) is 27.0. The number of amides is 2. The summed E-state index contributed by atoms with van der Waals surface area (Å²) in [6, 6.07) is 1.90. The summed E-state index contributed by atoms with van der Waals surface area (Å²) in [6.07, 6.45) is 3.83. The van der Waals surface area contributed by atoms with Gasteiger partial charge in [-0.25, -0.2) is 0 Å². The van der Waals surface area contributed by atoms with Crippen molar-refractivity contribution in [3.05, 3.63) is 29.6 Å². The Morgan fingerprint density at radius 2 is 2.19 bits per heavy atom. The second-order valence-electron chi connectivity index (χ2n) is 4.24. The summed E-state index contributed by atoms with van der Waals surface area (Å²) in [5, 5.41) is 2.35. The fourth-order valence-corrected chi connectivity index (χ4v) is 2.11. The Morgan fingerprint density at radius 3 is 2.88 bits per heavy atom. The van der Waals surface area contributed by atoms with Crippen molar-refractivity contribution in [1.29, 1.82) is 0 Å². The van der Waals surface area contributed by atoms with Crippen LogP contribution in [0.15, 0.2) is 18.5 Å². The Morgan fingerprint density at radius 1 is 1.44 bits per heavy atom. The standard InChI is InChI=1S/C12H14N2O2/c1-7-3-4-13-6-10(7)9-5-11(15)14-12(16)8(9)2/h3-4,6,8-9H,5H2,1-2H3,(H,14,15,16). The van der Waals surface area contributed by atoms with Crippen LogP contribution in [-0.2, 0) is 9.59 Å². The highest BCUT2D eigenvalue weighted by atomic mass is 16.2. The number of rotatable bonds is 1. The van der Waals surface area contributed by atoms with Crippen LogP contribution in [0.5, 0.6) is 0 Å². The van der Waals surface area contributed by atoms with Crippen LogP contribution >= 0.6 is 0 Å².